The van der Waals surface area contributed by atoms with E-state index in [1.807, 2.05) is 36.4 Å². The minimum Gasteiger partial charge on any atom is -0.384 e. The largest absolute Gasteiger partial charge is 0.384 e. The number of carbonyl (C=O) groups is 1. The van der Waals surface area contributed by atoms with Gasteiger partial charge in [-0.05, 0) is 35.9 Å². The second-order valence-corrected chi connectivity index (χ2v) is 6.58. The Kier molecular flexibility index (Phi) is 5.65. The van der Waals surface area contributed by atoms with E-state index in [0.29, 0.717) is 5.56 Å². The van der Waals surface area contributed by atoms with Gasteiger partial charge in [-0.1, -0.05) is 30.3 Å². The van der Waals surface area contributed by atoms with Gasteiger partial charge in [-0.15, -0.1) is 0 Å². The van der Waals surface area contributed by atoms with E-state index in [2.05, 4.69) is 5.32 Å². The number of nitrogens with one attached hydrogen (secondary N) is 1. The first kappa shape index (κ1) is 20.4. The van der Waals surface area contributed by atoms with E-state index in [9.17, 15) is 19.6 Å². The lowest BCUT2D eigenvalue weighted by molar-refractivity contribution is 0.103. The first-order valence-corrected chi connectivity index (χ1v) is 8.97. The summed E-state index contributed by atoms with van der Waals surface area (Å²) in [7, 11) is 2.59. The highest BCUT2D eigenvalue weighted by molar-refractivity contribution is 6.16. The highest BCUT2D eigenvalue weighted by Crippen LogP contribution is 2.19. The van der Waals surface area contributed by atoms with Gasteiger partial charge in [-0.25, -0.2) is 4.79 Å². The minimum atomic E-state index is -0.843. The molecular formula is C22H19N5O3. The van der Waals surface area contributed by atoms with Gasteiger partial charge in [0.15, 0.2) is 0 Å². The molecule has 0 saturated carbocycles. The molecule has 3 rings (SSSR count). The number of hydrogen-bond acceptors (Lipinski definition) is 6. The monoisotopic (exact) mass is 401 g/mol. The molecule has 0 bridgehead atoms. The first-order chi connectivity index (χ1) is 14.3. The molecule has 0 amide bonds. The predicted molar refractivity (Wildman–Crippen MR) is 115 cm³/mol. The van der Waals surface area contributed by atoms with Crippen LogP contribution in [0.2, 0.25) is 0 Å². The van der Waals surface area contributed by atoms with Crippen LogP contribution in [-0.2, 0) is 14.1 Å². The summed E-state index contributed by atoms with van der Waals surface area (Å²) >= 11 is 0. The Balaban J connectivity index is 1.93. The fourth-order valence-electron chi connectivity index (χ4n) is 2.87. The van der Waals surface area contributed by atoms with Gasteiger partial charge < -0.3 is 11.1 Å². The van der Waals surface area contributed by atoms with Crippen LogP contribution in [0.25, 0.3) is 6.08 Å². The van der Waals surface area contributed by atoms with Crippen LogP contribution in [-0.4, -0.2) is 14.9 Å². The van der Waals surface area contributed by atoms with Crippen LogP contribution in [0.5, 0.6) is 0 Å². The van der Waals surface area contributed by atoms with E-state index in [-0.39, 0.29) is 11.4 Å². The molecular weight excluding hydrogens is 382 g/mol. The third-order valence-corrected chi connectivity index (χ3v) is 4.59. The van der Waals surface area contributed by atoms with Crippen molar-refractivity contribution in [3.8, 4) is 6.07 Å². The van der Waals surface area contributed by atoms with Crippen molar-refractivity contribution in [1.29, 1.82) is 5.26 Å². The smallest absolute Gasteiger partial charge is 0.332 e. The van der Waals surface area contributed by atoms with E-state index < -0.39 is 22.6 Å². The number of nitriles is 1. The van der Waals surface area contributed by atoms with E-state index in [1.54, 1.807) is 24.3 Å². The van der Waals surface area contributed by atoms with Crippen molar-refractivity contribution >= 4 is 29.1 Å². The number of nitrogens with zero attached hydrogens (tertiary/aromatic N) is 3. The van der Waals surface area contributed by atoms with Gasteiger partial charge in [-0.2, -0.15) is 5.26 Å². The number of para-hydroxylation sites is 1. The molecule has 2 aromatic carbocycles. The van der Waals surface area contributed by atoms with Crippen LogP contribution in [0.15, 0.2) is 69.8 Å². The lowest BCUT2D eigenvalue weighted by Crippen LogP contribution is -2.41. The number of nitrogens with two attached hydrogens (primary N) is 1. The van der Waals surface area contributed by atoms with E-state index in [1.165, 1.54) is 20.2 Å². The first-order valence-electron chi connectivity index (χ1n) is 8.97. The zero-order chi connectivity index (χ0) is 21.8. The predicted octanol–water partition coefficient (Wildman–Crippen LogP) is 2.20. The Morgan fingerprint density at radius 1 is 1.00 bits per heavy atom. The molecule has 0 unspecified atom stereocenters. The topological polar surface area (TPSA) is 123 Å². The highest BCUT2D eigenvalue weighted by Gasteiger charge is 2.23. The van der Waals surface area contributed by atoms with Crippen molar-refractivity contribution in [1.82, 2.24) is 9.13 Å². The summed E-state index contributed by atoms with van der Waals surface area (Å²) in [4.78, 5) is 37.2. The molecule has 0 fully saturated rings. The number of hydrogen-bond donors (Lipinski definition) is 2. The number of allylic oxidation sites excluding steroid dienone is 1. The number of ketones is 1. The summed E-state index contributed by atoms with van der Waals surface area (Å²) in [5.74, 6) is -1.12. The number of aromatic nitrogens is 2. The molecule has 150 valence electrons. The van der Waals surface area contributed by atoms with Gasteiger partial charge in [0.25, 0.3) is 5.56 Å². The maximum Gasteiger partial charge on any atom is 0.332 e. The van der Waals surface area contributed by atoms with Gasteiger partial charge >= 0.3 is 5.69 Å². The minimum absolute atomic E-state index is 0.263. The van der Waals surface area contributed by atoms with Gasteiger partial charge in [0.1, 0.15) is 23.0 Å². The lowest BCUT2D eigenvalue weighted by Gasteiger charge is -2.10. The fourth-order valence-corrected chi connectivity index (χ4v) is 2.87. The van der Waals surface area contributed by atoms with Crippen LogP contribution >= 0.6 is 0 Å². The molecule has 1 heterocycles. The number of nitrogen functional groups attached to an aromatic ring is 1. The van der Waals surface area contributed by atoms with E-state index in [4.69, 9.17) is 5.73 Å². The van der Waals surface area contributed by atoms with Gasteiger partial charge in [0, 0.05) is 25.5 Å². The van der Waals surface area contributed by atoms with Crippen molar-refractivity contribution in [2.24, 2.45) is 14.1 Å². The summed E-state index contributed by atoms with van der Waals surface area (Å²) in [5, 5.41) is 12.7. The van der Waals surface area contributed by atoms with Crippen molar-refractivity contribution in [3.05, 3.63) is 92.1 Å². The molecule has 1 aromatic heterocycles. The second-order valence-electron chi connectivity index (χ2n) is 6.58. The molecule has 0 saturated heterocycles. The van der Waals surface area contributed by atoms with Crippen molar-refractivity contribution < 1.29 is 4.79 Å². The summed E-state index contributed by atoms with van der Waals surface area (Å²) in [6, 6.07) is 18.5. The molecule has 3 N–H and O–H groups in total. The zero-order valence-corrected chi connectivity index (χ0v) is 16.4. The maximum absolute atomic E-state index is 12.8. The fraction of sp³-hybridized carbons (Fsp3) is 0.0909. The standard InChI is InChI=1S/C22H19N5O3/c1-26-20(24)18(21(29)27(2)22(26)30)19(28)15(13-23)12-14-8-10-17(11-9-14)25-16-6-4-3-5-7-16/h3-12,25H,24H2,1-2H3/b15-12+. The highest BCUT2D eigenvalue weighted by atomic mass is 16.2. The third kappa shape index (κ3) is 3.91. The van der Waals surface area contributed by atoms with Gasteiger partial charge in [0.2, 0.25) is 5.78 Å². The van der Waals surface area contributed by atoms with Crippen LogP contribution in [0.3, 0.4) is 0 Å². The average molecular weight is 401 g/mol. The molecule has 0 aliphatic rings. The SMILES string of the molecule is Cn1c(N)c(C(=O)/C(C#N)=C/c2ccc(Nc3ccccc3)cc2)c(=O)n(C)c1=O. The van der Waals surface area contributed by atoms with Crippen molar-refractivity contribution in [2.75, 3.05) is 11.1 Å². The van der Waals surface area contributed by atoms with Crippen molar-refractivity contribution in [2.45, 2.75) is 0 Å². The van der Waals surface area contributed by atoms with Crippen LogP contribution < -0.4 is 22.3 Å². The Morgan fingerprint density at radius 3 is 2.20 bits per heavy atom. The number of rotatable bonds is 5. The summed E-state index contributed by atoms with van der Waals surface area (Å²) in [6.45, 7) is 0. The maximum atomic E-state index is 12.8. The number of carbonyl (C=O) groups excluding carboxylic acids is 1. The average Bonchev–Trinajstić information content (AvgIpc) is 2.76. The quantitative estimate of drug-likeness (QED) is 0.384. The normalized spacial score (nSPS) is 11.0. The van der Waals surface area contributed by atoms with Gasteiger partial charge in [-0.3, -0.25) is 18.7 Å². The number of Topliss-reactive ketones (excluding diaryl/α,β-unsaturated/α-hetero) is 1. The Labute approximate surface area is 172 Å². The van der Waals surface area contributed by atoms with Crippen LogP contribution in [0, 0.1) is 11.3 Å². The summed E-state index contributed by atoms with van der Waals surface area (Å²) in [6.07, 6.45) is 1.37. The molecule has 30 heavy (non-hydrogen) atoms. The molecule has 0 spiro atoms. The van der Waals surface area contributed by atoms with E-state index in [0.717, 1.165) is 20.5 Å². The number of anilines is 3. The molecule has 0 aliphatic heterocycles. The van der Waals surface area contributed by atoms with Crippen LogP contribution in [0.4, 0.5) is 17.2 Å². The summed E-state index contributed by atoms with van der Waals surface area (Å²) < 4.78 is 1.77. The van der Waals surface area contributed by atoms with Crippen LogP contribution in [0.1, 0.15) is 15.9 Å². The Morgan fingerprint density at radius 2 is 1.60 bits per heavy atom. The molecule has 3 aromatic rings. The Hall–Kier alpha value is -4.38. The molecule has 0 radical (unpaired) electrons. The summed E-state index contributed by atoms with van der Waals surface area (Å²) in [5.41, 5.74) is 6.00. The second kappa shape index (κ2) is 8.32. The van der Waals surface area contributed by atoms with Gasteiger partial charge in [0.05, 0.1) is 0 Å². The zero-order valence-electron chi connectivity index (χ0n) is 16.4. The van der Waals surface area contributed by atoms with Crippen molar-refractivity contribution in [3.63, 3.8) is 0 Å². The number of benzene rings is 2. The molecule has 0 atom stereocenters. The Bertz CT molecular complexity index is 1290. The van der Waals surface area contributed by atoms with E-state index >= 15 is 0 Å². The lowest BCUT2D eigenvalue weighted by atomic mass is 10.0. The third-order valence-electron chi connectivity index (χ3n) is 4.59. The molecule has 8 heteroatoms. The molecule has 0 aliphatic carbocycles. The molecule has 8 nitrogen and oxygen atoms in total.